The molecule has 0 aliphatic heterocycles. The van der Waals surface area contributed by atoms with Gasteiger partial charge < -0.3 is 0 Å². The molecule has 88 valence electrons. The average molecular weight is 301 g/mol. The van der Waals surface area contributed by atoms with Gasteiger partial charge in [0.05, 0.1) is 10.8 Å². The Morgan fingerprint density at radius 1 is 1.25 bits per heavy atom. The van der Waals surface area contributed by atoms with Crippen molar-refractivity contribution in [1.82, 2.24) is 0 Å². The van der Waals surface area contributed by atoms with E-state index in [0.29, 0.717) is 0 Å². The van der Waals surface area contributed by atoms with Crippen molar-refractivity contribution in [3.63, 3.8) is 0 Å². The van der Waals surface area contributed by atoms with Crippen molar-refractivity contribution < 1.29 is 4.21 Å². The van der Waals surface area contributed by atoms with Crippen molar-refractivity contribution in [3.8, 4) is 0 Å². The van der Waals surface area contributed by atoms with Crippen molar-refractivity contribution in [1.29, 1.82) is 0 Å². The van der Waals surface area contributed by atoms with E-state index in [1.807, 2.05) is 37.3 Å². The summed E-state index contributed by atoms with van der Waals surface area (Å²) >= 11 is 3.39. The van der Waals surface area contributed by atoms with Crippen molar-refractivity contribution in [2.75, 3.05) is 5.33 Å². The number of alkyl halides is 1. The first-order chi connectivity index (χ1) is 7.74. The third kappa shape index (κ3) is 5.08. The Morgan fingerprint density at radius 3 is 2.56 bits per heavy atom. The zero-order valence-corrected chi connectivity index (χ0v) is 11.9. The lowest BCUT2D eigenvalue weighted by Crippen LogP contribution is -1.86. The molecule has 3 heteroatoms. The minimum Gasteiger partial charge on any atom is -0.250 e. The summed E-state index contributed by atoms with van der Waals surface area (Å²) < 4.78 is 11.8. The molecule has 0 N–H and O–H groups in total. The van der Waals surface area contributed by atoms with E-state index in [1.165, 1.54) is 12.0 Å². The molecule has 1 unspecified atom stereocenters. The monoisotopic (exact) mass is 300 g/mol. The topological polar surface area (TPSA) is 17.1 Å². The van der Waals surface area contributed by atoms with Crippen molar-refractivity contribution in [3.05, 3.63) is 41.3 Å². The Labute approximate surface area is 109 Å². The van der Waals surface area contributed by atoms with Crippen LogP contribution in [0.1, 0.15) is 24.8 Å². The Kier molecular flexibility index (Phi) is 6.65. The third-order valence-corrected chi connectivity index (χ3v) is 3.96. The summed E-state index contributed by atoms with van der Waals surface area (Å²) in [6, 6.07) is 7.83. The van der Waals surface area contributed by atoms with Gasteiger partial charge in [-0.3, -0.25) is 0 Å². The maximum atomic E-state index is 11.8. The number of halogens is 1. The van der Waals surface area contributed by atoms with Crippen LogP contribution >= 0.6 is 15.9 Å². The first-order valence-electron chi connectivity index (χ1n) is 5.44. The van der Waals surface area contributed by atoms with E-state index < -0.39 is 10.8 Å². The Bertz CT molecular complexity index is 357. The summed E-state index contributed by atoms with van der Waals surface area (Å²) in [5.74, 6) is 0. The van der Waals surface area contributed by atoms with Crippen LogP contribution in [0.5, 0.6) is 0 Å². The Hall–Kier alpha value is -0.410. The summed E-state index contributed by atoms with van der Waals surface area (Å²) in [4.78, 5) is 0.877. The molecule has 0 spiro atoms. The van der Waals surface area contributed by atoms with E-state index in [4.69, 9.17) is 0 Å². The second-order valence-corrected chi connectivity index (χ2v) is 5.80. The number of aryl methyl sites for hydroxylation is 1. The number of allylic oxidation sites excluding steroid dienone is 1. The minimum absolute atomic E-state index is 0.877. The molecule has 1 rings (SSSR count). The SMILES string of the molecule is Cc1ccc(S(=O)/C=C/CCCCBr)cc1. The van der Waals surface area contributed by atoms with Gasteiger partial charge in [-0.15, -0.1) is 0 Å². The van der Waals surface area contributed by atoms with Crippen LogP contribution in [-0.2, 0) is 10.8 Å². The molecule has 0 amide bonds. The summed E-state index contributed by atoms with van der Waals surface area (Å²) in [5.41, 5.74) is 1.20. The van der Waals surface area contributed by atoms with Crippen LogP contribution in [0, 0.1) is 6.92 Å². The van der Waals surface area contributed by atoms with Crippen LogP contribution in [-0.4, -0.2) is 9.54 Å². The first-order valence-corrected chi connectivity index (χ1v) is 7.77. The predicted molar refractivity (Wildman–Crippen MR) is 74.4 cm³/mol. The molecule has 0 heterocycles. The number of hydrogen-bond acceptors (Lipinski definition) is 1. The fourth-order valence-electron chi connectivity index (χ4n) is 1.26. The van der Waals surface area contributed by atoms with Crippen molar-refractivity contribution in [2.45, 2.75) is 31.1 Å². The molecule has 0 radical (unpaired) electrons. The van der Waals surface area contributed by atoms with Gasteiger partial charge >= 0.3 is 0 Å². The molecule has 16 heavy (non-hydrogen) atoms. The number of rotatable bonds is 6. The summed E-state index contributed by atoms with van der Waals surface area (Å²) in [6.07, 6.45) is 5.33. The van der Waals surface area contributed by atoms with E-state index in [9.17, 15) is 4.21 Å². The lowest BCUT2D eigenvalue weighted by atomic mass is 10.2. The second-order valence-electron chi connectivity index (χ2n) is 3.67. The van der Waals surface area contributed by atoms with Crippen LogP contribution in [0.2, 0.25) is 0 Å². The number of hydrogen-bond donors (Lipinski definition) is 0. The highest BCUT2D eigenvalue weighted by atomic mass is 79.9. The smallest absolute Gasteiger partial charge is 0.0772 e. The van der Waals surface area contributed by atoms with Crippen LogP contribution in [0.4, 0.5) is 0 Å². The van der Waals surface area contributed by atoms with Gasteiger partial charge in [0.25, 0.3) is 0 Å². The largest absolute Gasteiger partial charge is 0.250 e. The van der Waals surface area contributed by atoms with E-state index in [2.05, 4.69) is 15.9 Å². The molecule has 1 nitrogen and oxygen atoms in total. The fraction of sp³-hybridized carbons (Fsp3) is 0.385. The molecule has 0 bridgehead atoms. The van der Waals surface area contributed by atoms with Crippen molar-refractivity contribution in [2.24, 2.45) is 0 Å². The molecule has 0 saturated carbocycles. The molecule has 0 aliphatic rings. The molecule has 1 aromatic carbocycles. The molecular weight excluding hydrogens is 284 g/mol. The molecule has 0 aromatic heterocycles. The zero-order chi connectivity index (χ0) is 11.8. The van der Waals surface area contributed by atoms with Crippen LogP contribution in [0.15, 0.2) is 40.6 Å². The highest BCUT2D eigenvalue weighted by Gasteiger charge is 1.97. The van der Waals surface area contributed by atoms with Gasteiger partial charge in [0.15, 0.2) is 0 Å². The normalized spacial score (nSPS) is 13.1. The summed E-state index contributed by atoms with van der Waals surface area (Å²) in [6.45, 7) is 2.03. The number of unbranched alkanes of at least 4 members (excludes halogenated alkanes) is 2. The second kappa shape index (κ2) is 7.80. The van der Waals surface area contributed by atoms with Gasteiger partial charge in [0.2, 0.25) is 0 Å². The third-order valence-electron chi connectivity index (χ3n) is 2.23. The van der Waals surface area contributed by atoms with Crippen LogP contribution in [0.3, 0.4) is 0 Å². The molecule has 0 saturated heterocycles. The number of benzene rings is 1. The Balaban J connectivity index is 2.43. The van der Waals surface area contributed by atoms with Gasteiger partial charge in [-0.1, -0.05) is 39.7 Å². The van der Waals surface area contributed by atoms with Gasteiger partial charge in [-0.05, 0) is 38.3 Å². The maximum Gasteiger partial charge on any atom is 0.0772 e. The van der Waals surface area contributed by atoms with Crippen molar-refractivity contribution >= 4 is 26.7 Å². The predicted octanol–water partition coefficient (Wildman–Crippen LogP) is 4.18. The van der Waals surface area contributed by atoms with Gasteiger partial charge in [0.1, 0.15) is 0 Å². The minimum atomic E-state index is -0.989. The van der Waals surface area contributed by atoms with E-state index in [1.54, 1.807) is 5.41 Å². The molecular formula is C13H17BrOS. The molecule has 0 aliphatic carbocycles. The van der Waals surface area contributed by atoms with E-state index in [-0.39, 0.29) is 0 Å². The zero-order valence-electron chi connectivity index (χ0n) is 9.49. The van der Waals surface area contributed by atoms with Gasteiger partial charge in [-0.2, -0.15) is 0 Å². The van der Waals surface area contributed by atoms with Gasteiger partial charge in [0, 0.05) is 15.6 Å². The first kappa shape index (κ1) is 13.7. The van der Waals surface area contributed by atoms with Crippen LogP contribution in [0.25, 0.3) is 0 Å². The summed E-state index contributed by atoms with van der Waals surface area (Å²) in [5, 5.41) is 2.83. The maximum absolute atomic E-state index is 11.8. The lowest BCUT2D eigenvalue weighted by molar-refractivity contribution is 0.688. The van der Waals surface area contributed by atoms with E-state index >= 15 is 0 Å². The average Bonchev–Trinajstić information content (AvgIpc) is 2.29. The summed E-state index contributed by atoms with van der Waals surface area (Å²) in [7, 11) is -0.989. The highest BCUT2D eigenvalue weighted by molar-refractivity contribution is 9.09. The standard InChI is InChI=1S/C13H17BrOS/c1-12-6-8-13(9-7-12)16(15)11-5-3-2-4-10-14/h5-9,11H,2-4,10H2,1H3/b11-5+. The highest BCUT2D eigenvalue weighted by Crippen LogP contribution is 2.10. The van der Waals surface area contributed by atoms with E-state index in [0.717, 1.165) is 23.1 Å². The molecule has 0 fully saturated rings. The molecule has 1 aromatic rings. The quantitative estimate of drug-likeness (QED) is 0.569. The fourth-order valence-corrected chi connectivity index (χ4v) is 2.53. The lowest BCUT2D eigenvalue weighted by Gasteiger charge is -1.97. The van der Waals surface area contributed by atoms with Crippen LogP contribution < -0.4 is 0 Å². The molecule has 1 atom stereocenters. The Morgan fingerprint density at radius 2 is 1.94 bits per heavy atom. The van der Waals surface area contributed by atoms with Gasteiger partial charge in [-0.25, -0.2) is 4.21 Å².